The summed E-state index contributed by atoms with van der Waals surface area (Å²) in [6.45, 7) is 24.9. The highest BCUT2D eigenvalue weighted by Gasteiger charge is 2.36. The molecule has 0 aromatic carbocycles. The molecule has 5 nitrogen and oxygen atoms in total. The molecule has 0 aliphatic carbocycles. The summed E-state index contributed by atoms with van der Waals surface area (Å²) in [5.74, 6) is 0.266. The SMILES string of the molecule is CC.CCC(=O)C(C)(C)CC(C)(C)CC(NC)C(=O)NC(C)(C)CCOC(C)(C)C. The van der Waals surface area contributed by atoms with Crippen LogP contribution in [0.25, 0.3) is 0 Å². The molecule has 1 amide bonds. The monoisotopic (exact) mass is 428 g/mol. The van der Waals surface area contributed by atoms with Gasteiger partial charge in [-0.2, -0.15) is 0 Å². The van der Waals surface area contributed by atoms with Gasteiger partial charge in [-0.1, -0.05) is 48.5 Å². The van der Waals surface area contributed by atoms with E-state index in [1.807, 2.05) is 76.3 Å². The van der Waals surface area contributed by atoms with E-state index < -0.39 is 0 Å². The van der Waals surface area contributed by atoms with Gasteiger partial charge in [0.05, 0.1) is 11.6 Å². The van der Waals surface area contributed by atoms with Crippen molar-refractivity contribution >= 4 is 11.7 Å². The highest BCUT2D eigenvalue weighted by atomic mass is 16.5. The van der Waals surface area contributed by atoms with Crippen molar-refractivity contribution in [2.45, 2.75) is 126 Å². The molecular weight excluding hydrogens is 376 g/mol. The quantitative estimate of drug-likeness (QED) is 0.430. The van der Waals surface area contributed by atoms with Crippen LogP contribution in [0, 0.1) is 10.8 Å². The zero-order valence-electron chi connectivity index (χ0n) is 22.3. The van der Waals surface area contributed by atoms with E-state index in [1.165, 1.54) is 0 Å². The van der Waals surface area contributed by atoms with Gasteiger partial charge in [0.1, 0.15) is 5.78 Å². The van der Waals surface area contributed by atoms with Crippen molar-refractivity contribution in [3.63, 3.8) is 0 Å². The second kappa shape index (κ2) is 12.8. The molecule has 0 aromatic heterocycles. The Balaban J connectivity index is 0. The summed E-state index contributed by atoms with van der Waals surface area (Å²) in [4.78, 5) is 25.2. The summed E-state index contributed by atoms with van der Waals surface area (Å²) >= 11 is 0. The first-order valence-corrected chi connectivity index (χ1v) is 11.6. The first-order chi connectivity index (χ1) is 13.4. The van der Waals surface area contributed by atoms with Gasteiger partial charge in [0, 0.05) is 24.0 Å². The van der Waals surface area contributed by atoms with Crippen molar-refractivity contribution in [1.82, 2.24) is 10.6 Å². The number of carbonyl (C=O) groups excluding carboxylic acids is 2. The van der Waals surface area contributed by atoms with Gasteiger partial charge in [0.2, 0.25) is 5.91 Å². The van der Waals surface area contributed by atoms with E-state index in [9.17, 15) is 9.59 Å². The first kappa shape index (κ1) is 31.2. The predicted octanol–water partition coefficient (Wildman–Crippen LogP) is 5.51. The second-order valence-corrected chi connectivity index (χ2v) is 11.1. The molecule has 1 atom stereocenters. The molecule has 1 unspecified atom stereocenters. The van der Waals surface area contributed by atoms with Crippen LogP contribution in [-0.2, 0) is 14.3 Å². The van der Waals surface area contributed by atoms with Crippen molar-refractivity contribution in [3.8, 4) is 0 Å². The number of hydrogen-bond donors (Lipinski definition) is 2. The lowest BCUT2D eigenvalue weighted by Gasteiger charge is -2.37. The zero-order chi connectivity index (χ0) is 24.4. The molecule has 30 heavy (non-hydrogen) atoms. The first-order valence-electron chi connectivity index (χ1n) is 11.6. The van der Waals surface area contributed by atoms with Gasteiger partial charge < -0.3 is 15.4 Å². The predicted molar refractivity (Wildman–Crippen MR) is 129 cm³/mol. The van der Waals surface area contributed by atoms with Gasteiger partial charge in [0.15, 0.2) is 0 Å². The molecule has 0 saturated heterocycles. The van der Waals surface area contributed by atoms with Crippen LogP contribution in [0.4, 0.5) is 0 Å². The third-order valence-corrected chi connectivity index (χ3v) is 5.14. The molecule has 0 aliphatic heterocycles. The number of amides is 1. The van der Waals surface area contributed by atoms with Gasteiger partial charge in [-0.3, -0.25) is 9.59 Å². The van der Waals surface area contributed by atoms with E-state index >= 15 is 0 Å². The average Bonchev–Trinajstić information content (AvgIpc) is 2.57. The number of nitrogens with one attached hydrogen (secondary N) is 2. The lowest BCUT2D eigenvalue weighted by Crippen LogP contribution is -2.53. The lowest BCUT2D eigenvalue weighted by molar-refractivity contribution is -0.128. The van der Waals surface area contributed by atoms with Crippen LogP contribution in [-0.4, -0.2) is 42.5 Å². The maximum atomic E-state index is 12.9. The number of rotatable bonds is 12. The van der Waals surface area contributed by atoms with Crippen molar-refractivity contribution in [2.75, 3.05) is 13.7 Å². The summed E-state index contributed by atoms with van der Waals surface area (Å²) in [7, 11) is 1.82. The molecular formula is C25H52N2O3. The Kier molecular flexibility index (Phi) is 13.3. The average molecular weight is 429 g/mol. The fraction of sp³-hybridized carbons (Fsp3) is 0.920. The van der Waals surface area contributed by atoms with Crippen LogP contribution in [0.1, 0.15) is 109 Å². The standard InChI is InChI=1S/C23H46N2O3.C2H6/c1-12-18(26)22(7,8)16-21(5,6)15-17(24-11)19(27)25-23(9,10)13-14-28-20(2,3)4;1-2/h17,24H,12-16H2,1-11H3,(H,25,27);1-2H3. The molecule has 0 radical (unpaired) electrons. The molecule has 5 heteroatoms. The molecule has 0 aliphatic rings. The Hall–Kier alpha value is -0.940. The molecule has 180 valence electrons. The number of ketones is 1. The Labute approximate surface area is 187 Å². The summed E-state index contributed by atoms with van der Waals surface area (Å²) in [5.41, 5.74) is -1.05. The third kappa shape index (κ3) is 13.4. The van der Waals surface area contributed by atoms with Crippen LogP contribution >= 0.6 is 0 Å². The van der Waals surface area contributed by atoms with Crippen molar-refractivity contribution in [3.05, 3.63) is 0 Å². The smallest absolute Gasteiger partial charge is 0.237 e. The summed E-state index contributed by atoms with van der Waals surface area (Å²) < 4.78 is 5.80. The highest BCUT2D eigenvalue weighted by Crippen LogP contribution is 2.38. The molecule has 2 N–H and O–H groups in total. The van der Waals surface area contributed by atoms with Crippen molar-refractivity contribution in [1.29, 1.82) is 0 Å². The van der Waals surface area contributed by atoms with E-state index in [0.29, 0.717) is 19.4 Å². The molecule has 0 saturated carbocycles. The van der Waals surface area contributed by atoms with Crippen molar-refractivity contribution < 1.29 is 14.3 Å². The molecule has 0 bridgehead atoms. The van der Waals surface area contributed by atoms with Crippen LogP contribution < -0.4 is 10.6 Å². The fourth-order valence-electron chi connectivity index (χ4n) is 3.82. The van der Waals surface area contributed by atoms with Gasteiger partial charge >= 0.3 is 0 Å². The fourth-order valence-corrected chi connectivity index (χ4v) is 3.82. The van der Waals surface area contributed by atoms with Gasteiger partial charge in [-0.05, 0) is 66.3 Å². The zero-order valence-corrected chi connectivity index (χ0v) is 22.3. The van der Waals surface area contributed by atoms with Crippen LogP contribution in [0.15, 0.2) is 0 Å². The number of Topliss-reactive ketones (excluding diaryl/α,β-unsaturated/α-hetero) is 1. The Morgan fingerprint density at radius 2 is 1.43 bits per heavy atom. The maximum absolute atomic E-state index is 12.9. The van der Waals surface area contributed by atoms with Crippen LogP contribution in [0.3, 0.4) is 0 Å². The van der Waals surface area contributed by atoms with E-state index in [1.54, 1.807) is 0 Å². The summed E-state index contributed by atoms with van der Waals surface area (Å²) in [6.07, 6.45) is 2.71. The molecule has 0 aromatic rings. The molecule has 0 heterocycles. The minimum absolute atomic E-state index is 0.00374. The molecule has 0 rings (SSSR count). The Bertz CT molecular complexity index is 517. The van der Waals surface area contributed by atoms with E-state index in [0.717, 1.165) is 12.8 Å². The largest absolute Gasteiger partial charge is 0.376 e. The lowest BCUT2D eigenvalue weighted by atomic mass is 9.69. The van der Waals surface area contributed by atoms with E-state index in [-0.39, 0.29) is 39.7 Å². The minimum Gasteiger partial charge on any atom is -0.376 e. The summed E-state index contributed by atoms with van der Waals surface area (Å²) in [5, 5.41) is 6.33. The second-order valence-electron chi connectivity index (χ2n) is 11.1. The third-order valence-electron chi connectivity index (χ3n) is 5.14. The topological polar surface area (TPSA) is 67.4 Å². The van der Waals surface area contributed by atoms with E-state index in [4.69, 9.17) is 4.74 Å². The molecule has 0 spiro atoms. The Morgan fingerprint density at radius 3 is 1.83 bits per heavy atom. The maximum Gasteiger partial charge on any atom is 0.237 e. The van der Waals surface area contributed by atoms with Gasteiger partial charge in [-0.25, -0.2) is 0 Å². The Morgan fingerprint density at radius 1 is 0.933 bits per heavy atom. The van der Waals surface area contributed by atoms with E-state index in [2.05, 4.69) is 24.5 Å². The van der Waals surface area contributed by atoms with Crippen LogP contribution in [0.5, 0.6) is 0 Å². The normalized spacial score (nSPS) is 13.9. The van der Waals surface area contributed by atoms with Crippen molar-refractivity contribution in [2.24, 2.45) is 10.8 Å². The highest BCUT2D eigenvalue weighted by molar-refractivity contribution is 5.84. The number of ether oxygens (including phenoxy) is 1. The van der Waals surface area contributed by atoms with Gasteiger partial charge in [-0.15, -0.1) is 0 Å². The molecule has 0 fully saturated rings. The van der Waals surface area contributed by atoms with Gasteiger partial charge in [0.25, 0.3) is 0 Å². The minimum atomic E-state index is -0.378. The number of likely N-dealkylation sites (N-methyl/N-ethyl adjacent to an activating group) is 1. The summed E-state index contributed by atoms with van der Waals surface area (Å²) in [6, 6.07) is -0.301. The van der Waals surface area contributed by atoms with Crippen LogP contribution in [0.2, 0.25) is 0 Å². The number of carbonyl (C=O) groups is 2. The number of hydrogen-bond acceptors (Lipinski definition) is 4.